The van der Waals surface area contributed by atoms with Crippen molar-refractivity contribution in [1.29, 1.82) is 0 Å². The van der Waals surface area contributed by atoms with E-state index < -0.39 is 7.82 Å². The molecule has 0 aromatic rings. The van der Waals surface area contributed by atoms with Gasteiger partial charge in [-0.3, -0.25) is 13.6 Å². The van der Waals surface area contributed by atoms with E-state index in [9.17, 15) is 4.57 Å². The van der Waals surface area contributed by atoms with Crippen LogP contribution in [0, 0.1) is 0 Å². The molecular weight excluding hydrogens is 251 g/mol. The molecule has 0 aliphatic heterocycles. The summed E-state index contributed by atoms with van der Waals surface area (Å²) in [6, 6.07) is 0. The summed E-state index contributed by atoms with van der Waals surface area (Å²) in [7, 11) is -3.37. The Bertz CT molecular complexity index is 271. The van der Waals surface area contributed by atoms with Crippen LogP contribution in [0.1, 0.15) is 65.2 Å². The summed E-state index contributed by atoms with van der Waals surface area (Å²) in [6.45, 7) is 3.73. The zero-order valence-electron chi connectivity index (χ0n) is 11.5. The molecule has 18 heavy (non-hydrogen) atoms. The smallest absolute Gasteiger partial charge is 0.284 e. The normalized spacial score (nSPS) is 23.3. The molecule has 0 aromatic heterocycles. The van der Waals surface area contributed by atoms with Crippen molar-refractivity contribution in [1.82, 2.24) is 0 Å². The molecule has 5 heteroatoms. The third-order valence-corrected chi connectivity index (χ3v) is 5.29. The minimum absolute atomic E-state index is 0.0518. The molecule has 2 fully saturated rings. The number of rotatable bonds is 6. The molecule has 2 aliphatic rings. The molecule has 4 nitrogen and oxygen atoms in total. The molecule has 0 N–H and O–H groups in total. The molecule has 2 rings (SSSR count). The first-order valence-corrected chi connectivity index (χ1v) is 8.69. The Balaban J connectivity index is 1.94. The summed E-state index contributed by atoms with van der Waals surface area (Å²) in [5.74, 6) is 0. The van der Waals surface area contributed by atoms with E-state index in [1.165, 1.54) is 0 Å². The van der Waals surface area contributed by atoms with E-state index in [2.05, 4.69) is 0 Å². The highest BCUT2D eigenvalue weighted by atomic mass is 31.2. The number of phosphoric acid groups is 1. The maximum Gasteiger partial charge on any atom is 0.475 e. The Morgan fingerprint density at radius 2 is 1.28 bits per heavy atom. The second-order valence-electron chi connectivity index (χ2n) is 5.63. The Morgan fingerprint density at radius 3 is 1.61 bits per heavy atom. The van der Waals surface area contributed by atoms with Crippen LogP contribution < -0.4 is 0 Å². The fraction of sp³-hybridized carbons (Fsp3) is 1.00. The Morgan fingerprint density at radius 1 is 0.889 bits per heavy atom. The van der Waals surface area contributed by atoms with Gasteiger partial charge in [0.15, 0.2) is 0 Å². The van der Waals surface area contributed by atoms with Crippen molar-refractivity contribution in [3.63, 3.8) is 0 Å². The number of hydrogen-bond acceptors (Lipinski definition) is 4. The fourth-order valence-corrected chi connectivity index (χ4v) is 4.50. The van der Waals surface area contributed by atoms with E-state index in [0.29, 0.717) is 0 Å². The summed E-state index contributed by atoms with van der Waals surface area (Å²) < 4.78 is 29.5. The van der Waals surface area contributed by atoms with Gasteiger partial charge in [-0.2, -0.15) is 0 Å². The van der Waals surface area contributed by atoms with Crippen LogP contribution in [0.5, 0.6) is 0 Å². The zero-order valence-corrected chi connectivity index (χ0v) is 12.4. The van der Waals surface area contributed by atoms with Crippen molar-refractivity contribution in [3.05, 3.63) is 0 Å². The highest BCUT2D eigenvalue weighted by Gasteiger charge is 2.36. The maximum absolute atomic E-state index is 12.7. The summed E-state index contributed by atoms with van der Waals surface area (Å²) >= 11 is 0. The third kappa shape index (κ3) is 4.34. The van der Waals surface area contributed by atoms with Gasteiger partial charge in [0.2, 0.25) is 0 Å². The van der Waals surface area contributed by atoms with Gasteiger partial charge in [-0.15, -0.1) is 0 Å². The minimum Gasteiger partial charge on any atom is -0.284 e. The van der Waals surface area contributed by atoms with E-state index in [-0.39, 0.29) is 18.3 Å². The van der Waals surface area contributed by atoms with E-state index in [1.54, 1.807) is 0 Å². The van der Waals surface area contributed by atoms with Gasteiger partial charge in [0, 0.05) is 0 Å². The van der Waals surface area contributed by atoms with Crippen molar-refractivity contribution in [2.45, 2.75) is 83.5 Å². The van der Waals surface area contributed by atoms with Gasteiger partial charge in [0.05, 0.1) is 18.3 Å². The first kappa shape index (κ1) is 14.5. The lowest BCUT2D eigenvalue weighted by Crippen LogP contribution is -2.16. The number of hydrogen-bond donors (Lipinski definition) is 0. The van der Waals surface area contributed by atoms with Crippen molar-refractivity contribution in [2.24, 2.45) is 0 Å². The van der Waals surface area contributed by atoms with Crippen LogP contribution >= 0.6 is 7.82 Å². The molecule has 0 atom stereocenters. The molecule has 2 saturated carbocycles. The molecule has 0 bridgehead atoms. The van der Waals surface area contributed by atoms with Crippen molar-refractivity contribution < 1.29 is 18.1 Å². The molecule has 0 saturated heterocycles. The second-order valence-corrected chi connectivity index (χ2v) is 7.15. The predicted molar refractivity (Wildman–Crippen MR) is 70.5 cm³/mol. The van der Waals surface area contributed by atoms with Crippen LogP contribution in [0.4, 0.5) is 0 Å². The van der Waals surface area contributed by atoms with Gasteiger partial charge in [-0.1, -0.05) is 25.7 Å². The molecule has 0 spiro atoms. The standard InChI is InChI=1S/C13H25O4P/c1-11(2)15-18(14,16-12-7-3-4-8-12)17-13-9-5-6-10-13/h11-13H,3-10H2,1-2H3. The first-order chi connectivity index (χ1) is 8.57. The van der Waals surface area contributed by atoms with Gasteiger partial charge >= 0.3 is 7.82 Å². The summed E-state index contributed by atoms with van der Waals surface area (Å²) in [4.78, 5) is 0. The van der Waals surface area contributed by atoms with E-state index in [1.807, 2.05) is 13.8 Å². The fourth-order valence-electron chi connectivity index (χ4n) is 2.69. The average molecular weight is 276 g/mol. The number of phosphoric ester groups is 1. The monoisotopic (exact) mass is 276 g/mol. The van der Waals surface area contributed by atoms with Crippen molar-refractivity contribution >= 4 is 7.82 Å². The van der Waals surface area contributed by atoms with Gasteiger partial charge < -0.3 is 0 Å². The lowest BCUT2D eigenvalue weighted by molar-refractivity contribution is 0.0418. The summed E-state index contributed by atoms with van der Waals surface area (Å²) in [5.41, 5.74) is 0. The Kier molecular flexibility index (Phi) is 5.25. The molecule has 0 unspecified atom stereocenters. The van der Waals surface area contributed by atoms with Gasteiger partial charge in [0.25, 0.3) is 0 Å². The highest BCUT2D eigenvalue weighted by Crippen LogP contribution is 2.55. The molecule has 0 heterocycles. The lowest BCUT2D eigenvalue weighted by atomic mass is 10.3. The minimum atomic E-state index is -3.37. The second kappa shape index (κ2) is 6.51. The quantitative estimate of drug-likeness (QED) is 0.673. The predicted octanol–water partition coefficient (Wildman–Crippen LogP) is 4.44. The summed E-state index contributed by atoms with van der Waals surface area (Å²) in [5, 5.41) is 0. The zero-order chi connectivity index (χ0) is 13.0. The SMILES string of the molecule is CC(C)OP(=O)(OC1CCCC1)OC1CCCC1. The molecule has 0 amide bonds. The van der Waals surface area contributed by atoms with Crippen molar-refractivity contribution in [3.8, 4) is 0 Å². The van der Waals surface area contributed by atoms with Gasteiger partial charge in [-0.05, 0) is 39.5 Å². The van der Waals surface area contributed by atoms with Crippen LogP contribution in [0.3, 0.4) is 0 Å². The van der Waals surface area contributed by atoms with Crippen LogP contribution in [-0.2, 0) is 18.1 Å². The largest absolute Gasteiger partial charge is 0.475 e. The Labute approximate surface area is 110 Å². The van der Waals surface area contributed by atoms with E-state index >= 15 is 0 Å². The highest BCUT2D eigenvalue weighted by molar-refractivity contribution is 7.48. The average Bonchev–Trinajstić information content (AvgIpc) is 2.89. The third-order valence-electron chi connectivity index (χ3n) is 3.50. The van der Waals surface area contributed by atoms with E-state index in [0.717, 1.165) is 51.4 Å². The van der Waals surface area contributed by atoms with E-state index in [4.69, 9.17) is 13.6 Å². The van der Waals surface area contributed by atoms with Crippen molar-refractivity contribution in [2.75, 3.05) is 0 Å². The molecular formula is C13H25O4P. The lowest BCUT2D eigenvalue weighted by Gasteiger charge is -2.25. The van der Waals surface area contributed by atoms with Crippen LogP contribution in [0.25, 0.3) is 0 Å². The molecule has 0 radical (unpaired) electrons. The maximum atomic E-state index is 12.7. The Hall–Kier alpha value is 0.110. The van der Waals surface area contributed by atoms with Crippen LogP contribution in [0.2, 0.25) is 0 Å². The van der Waals surface area contributed by atoms with Gasteiger partial charge in [-0.25, -0.2) is 4.57 Å². The summed E-state index contributed by atoms with van der Waals surface area (Å²) in [6.07, 6.45) is 8.44. The molecule has 2 aliphatic carbocycles. The van der Waals surface area contributed by atoms with Gasteiger partial charge in [0.1, 0.15) is 0 Å². The molecule has 106 valence electrons. The first-order valence-electron chi connectivity index (χ1n) is 7.23. The van der Waals surface area contributed by atoms with Crippen LogP contribution in [-0.4, -0.2) is 18.3 Å². The van der Waals surface area contributed by atoms with Crippen LogP contribution in [0.15, 0.2) is 0 Å². The molecule has 0 aromatic carbocycles. The topological polar surface area (TPSA) is 44.8 Å².